The van der Waals surface area contributed by atoms with Gasteiger partial charge in [0, 0.05) is 48.6 Å². The molecule has 4 aromatic rings. The van der Waals surface area contributed by atoms with Crippen molar-refractivity contribution in [2.24, 2.45) is 12.5 Å². The zero-order valence-electron chi connectivity index (χ0n) is 22.2. The first-order valence-electron chi connectivity index (χ1n) is 12.7. The van der Waals surface area contributed by atoms with Crippen LogP contribution in [0, 0.1) is 17.0 Å². The predicted molar refractivity (Wildman–Crippen MR) is 142 cm³/mol. The largest absolute Gasteiger partial charge is 0.487 e. The van der Waals surface area contributed by atoms with Crippen LogP contribution in [0.15, 0.2) is 53.6 Å². The van der Waals surface area contributed by atoms with Crippen molar-refractivity contribution >= 4 is 17.0 Å². The molecule has 0 bridgehead atoms. The first-order chi connectivity index (χ1) is 18.5. The molecule has 1 aliphatic heterocycles. The smallest absolute Gasteiger partial charge is 0.407 e. The van der Waals surface area contributed by atoms with E-state index in [1.807, 2.05) is 25.2 Å². The Kier molecular flexibility index (Phi) is 6.65. The second kappa shape index (κ2) is 9.83. The molecule has 4 heterocycles. The van der Waals surface area contributed by atoms with Crippen molar-refractivity contribution in [1.29, 1.82) is 0 Å². The van der Waals surface area contributed by atoms with Gasteiger partial charge < -0.3 is 19.3 Å². The highest BCUT2D eigenvalue weighted by Crippen LogP contribution is 2.45. The molecular weight excluding hydrogens is 506 g/mol. The minimum atomic E-state index is -0.928. The summed E-state index contributed by atoms with van der Waals surface area (Å²) in [5.41, 5.74) is 2.92. The Morgan fingerprint density at radius 2 is 1.95 bits per heavy atom. The molecule has 3 aromatic heterocycles. The van der Waals surface area contributed by atoms with Gasteiger partial charge in [0.15, 0.2) is 5.82 Å². The number of amides is 1. The van der Waals surface area contributed by atoms with Crippen molar-refractivity contribution in [3.63, 3.8) is 0 Å². The fourth-order valence-corrected chi connectivity index (χ4v) is 5.54. The number of aryl methyl sites for hydroxylation is 1. The van der Waals surface area contributed by atoms with Gasteiger partial charge in [0.2, 0.25) is 0 Å². The van der Waals surface area contributed by atoms with Gasteiger partial charge in [-0.3, -0.25) is 14.3 Å². The van der Waals surface area contributed by atoms with E-state index in [0.717, 1.165) is 47.3 Å². The van der Waals surface area contributed by atoms with Crippen LogP contribution in [0.4, 0.5) is 13.6 Å². The van der Waals surface area contributed by atoms with E-state index in [-0.39, 0.29) is 35.1 Å². The van der Waals surface area contributed by atoms with E-state index in [1.54, 1.807) is 17.2 Å². The minimum absolute atomic E-state index is 0.0653. The molecule has 0 aliphatic carbocycles. The van der Waals surface area contributed by atoms with Gasteiger partial charge >= 0.3 is 6.09 Å². The molecule has 1 amide bonds. The molecule has 0 spiro atoms. The van der Waals surface area contributed by atoms with Crippen molar-refractivity contribution in [3.8, 4) is 11.4 Å². The van der Waals surface area contributed by atoms with Crippen LogP contribution in [0.2, 0.25) is 0 Å². The minimum Gasteiger partial charge on any atom is -0.487 e. The molecule has 10 heteroatoms. The summed E-state index contributed by atoms with van der Waals surface area (Å²) < 4.78 is 36.0. The Balaban J connectivity index is 1.50. The summed E-state index contributed by atoms with van der Waals surface area (Å²) in [5.74, 6) is -1.37. The summed E-state index contributed by atoms with van der Waals surface area (Å²) in [7, 11) is 1.98. The highest BCUT2D eigenvalue weighted by Gasteiger charge is 2.40. The van der Waals surface area contributed by atoms with Crippen molar-refractivity contribution in [1.82, 2.24) is 19.0 Å². The quantitative estimate of drug-likeness (QED) is 0.367. The molecule has 1 unspecified atom stereocenters. The summed E-state index contributed by atoms with van der Waals surface area (Å²) >= 11 is 0. The number of rotatable bonds is 4. The fourth-order valence-electron chi connectivity index (χ4n) is 5.54. The van der Waals surface area contributed by atoms with Crippen LogP contribution in [0.1, 0.15) is 50.2 Å². The number of hydrogen-bond acceptors (Lipinski definition) is 4. The van der Waals surface area contributed by atoms with Crippen LogP contribution in [-0.4, -0.2) is 36.8 Å². The molecule has 39 heavy (non-hydrogen) atoms. The number of fused-ring (bicyclic) bond motifs is 3. The maximum atomic E-state index is 13.9. The number of nitrogens with zero attached hydrogens (tertiary/aromatic N) is 4. The Morgan fingerprint density at radius 1 is 1.18 bits per heavy atom. The van der Waals surface area contributed by atoms with Gasteiger partial charge in [0.25, 0.3) is 5.56 Å². The number of aromatic nitrogens is 3. The van der Waals surface area contributed by atoms with Gasteiger partial charge in [-0.1, -0.05) is 26.8 Å². The zero-order chi connectivity index (χ0) is 28.1. The summed E-state index contributed by atoms with van der Waals surface area (Å²) in [6.07, 6.45) is 3.03. The topological polar surface area (TPSA) is 89.6 Å². The second-order valence-electron chi connectivity index (χ2n) is 10.9. The molecule has 5 rings (SSSR count). The Labute approximate surface area is 224 Å². The van der Waals surface area contributed by atoms with Gasteiger partial charge in [0.05, 0.1) is 23.4 Å². The molecule has 1 aromatic carbocycles. The number of benzene rings is 1. The zero-order valence-corrected chi connectivity index (χ0v) is 22.2. The summed E-state index contributed by atoms with van der Waals surface area (Å²) in [4.78, 5) is 30.4. The monoisotopic (exact) mass is 536 g/mol. The van der Waals surface area contributed by atoms with E-state index >= 15 is 0 Å². The molecule has 0 saturated carbocycles. The number of carbonyl (C=O) groups is 1. The first-order valence-corrected chi connectivity index (χ1v) is 12.7. The van der Waals surface area contributed by atoms with Crippen molar-refractivity contribution in [2.75, 3.05) is 6.54 Å². The van der Waals surface area contributed by atoms with Crippen LogP contribution in [-0.2, 0) is 20.1 Å². The van der Waals surface area contributed by atoms with Crippen LogP contribution in [0.5, 0.6) is 5.75 Å². The second-order valence-corrected chi connectivity index (χ2v) is 10.9. The summed E-state index contributed by atoms with van der Waals surface area (Å²) in [6.45, 7) is 6.39. The van der Waals surface area contributed by atoms with Crippen LogP contribution in [0.3, 0.4) is 0 Å². The Morgan fingerprint density at radius 3 is 2.62 bits per heavy atom. The molecule has 1 N–H and O–H groups in total. The number of pyridine rings is 2. The number of halogens is 2. The average Bonchev–Trinajstić information content (AvgIpc) is 3.01. The van der Waals surface area contributed by atoms with Crippen molar-refractivity contribution in [2.45, 2.75) is 46.3 Å². The lowest BCUT2D eigenvalue weighted by Gasteiger charge is -2.38. The lowest BCUT2D eigenvalue weighted by Crippen LogP contribution is -2.40. The van der Waals surface area contributed by atoms with E-state index in [0.29, 0.717) is 12.2 Å². The van der Waals surface area contributed by atoms with Gasteiger partial charge in [-0.05, 0) is 36.5 Å². The molecule has 204 valence electrons. The molecule has 0 radical (unpaired) electrons. The predicted octanol–water partition coefficient (Wildman–Crippen LogP) is 5.59. The van der Waals surface area contributed by atoms with Crippen LogP contribution in [0.25, 0.3) is 16.6 Å². The summed E-state index contributed by atoms with van der Waals surface area (Å²) in [5, 5.41) is 11.0. The first kappa shape index (κ1) is 26.4. The van der Waals surface area contributed by atoms with E-state index < -0.39 is 17.7 Å². The number of carboxylic acid groups (broad SMARTS) is 1. The van der Waals surface area contributed by atoms with Crippen LogP contribution < -0.4 is 10.3 Å². The molecular formula is C29H30F2N4O4. The van der Waals surface area contributed by atoms with E-state index in [2.05, 4.69) is 30.3 Å². The maximum absolute atomic E-state index is 13.9. The molecule has 0 fully saturated rings. The highest BCUT2D eigenvalue weighted by molar-refractivity contribution is 5.88. The summed E-state index contributed by atoms with van der Waals surface area (Å²) in [6, 6.07) is 9.02. The van der Waals surface area contributed by atoms with Gasteiger partial charge in [0.1, 0.15) is 23.9 Å². The lowest BCUT2D eigenvalue weighted by molar-refractivity contribution is 0.0844. The van der Waals surface area contributed by atoms with E-state index in [9.17, 15) is 23.5 Å². The Hall–Kier alpha value is -4.21. The van der Waals surface area contributed by atoms with Crippen molar-refractivity contribution in [3.05, 3.63) is 87.7 Å². The fraction of sp³-hybridized carbons (Fsp3) is 0.345. The normalized spacial score (nSPS) is 15.7. The third-order valence-electron chi connectivity index (χ3n) is 7.24. The highest BCUT2D eigenvalue weighted by atomic mass is 19.1. The molecule has 0 saturated heterocycles. The molecule has 1 atom stereocenters. The third-order valence-corrected chi connectivity index (χ3v) is 7.24. The molecule has 1 aliphatic rings. The van der Waals surface area contributed by atoms with E-state index in [4.69, 9.17) is 4.74 Å². The third kappa shape index (κ3) is 4.86. The van der Waals surface area contributed by atoms with Gasteiger partial charge in [-0.15, -0.1) is 0 Å². The van der Waals surface area contributed by atoms with E-state index in [1.165, 1.54) is 10.6 Å². The van der Waals surface area contributed by atoms with Gasteiger partial charge in [-0.2, -0.15) is 0 Å². The molecule has 8 nitrogen and oxygen atoms in total. The maximum Gasteiger partial charge on any atom is 0.407 e. The lowest BCUT2D eigenvalue weighted by atomic mass is 9.80. The average molecular weight is 537 g/mol. The van der Waals surface area contributed by atoms with Crippen LogP contribution >= 0.6 is 0 Å². The standard InChI is InChI=1S/C29H30F2N4O4/c1-29(2,3)27-26-20-8-7-18(13-24(20)33(4)23(26)6-5-10-35(27)28(37)38)34-11-9-19(14-25(34)36)39-16-22-21(31)12-17(30)15-32-22/h7-9,11-15,27H,5-6,10,16H2,1-4H3,(H,37,38). The number of ether oxygens (including phenoxy) is 1. The van der Waals surface area contributed by atoms with Gasteiger partial charge in [-0.25, -0.2) is 13.6 Å². The SMILES string of the molecule is Cn1c2c(c3ccc(-n4ccc(OCc5ncc(F)cc5F)cc4=O)cc31)C(C(C)(C)C)N(C(=O)O)CCC2. The van der Waals surface area contributed by atoms with Crippen molar-refractivity contribution < 1.29 is 23.4 Å². The Bertz CT molecular complexity index is 1640. The number of hydrogen-bond donors (Lipinski definition) is 1.